The van der Waals surface area contributed by atoms with Gasteiger partial charge in [0.05, 0.1) is 16.7 Å². The van der Waals surface area contributed by atoms with Crippen LogP contribution in [0.4, 0.5) is 0 Å². The smallest absolute Gasteiger partial charge is 0.0576 e. The lowest BCUT2D eigenvalue weighted by Gasteiger charge is -2.12. The van der Waals surface area contributed by atoms with Gasteiger partial charge in [-0.3, -0.25) is 0 Å². The number of fused-ring (bicyclic) bond motifs is 5. The minimum Gasteiger partial charge on any atom is -0.308 e. The Kier molecular flexibility index (Phi) is 2.98. The summed E-state index contributed by atoms with van der Waals surface area (Å²) in [5, 5.41) is 3.94. The Hall–Kier alpha value is -3.06. The Balaban J connectivity index is 2.09. The van der Waals surface area contributed by atoms with Gasteiger partial charge in [-0.2, -0.15) is 0 Å². The van der Waals surface area contributed by atoms with Crippen molar-refractivity contribution in [3.8, 4) is 11.3 Å². The monoisotopic (exact) mass is 321 g/mol. The average molecular weight is 321 g/mol. The van der Waals surface area contributed by atoms with Crippen molar-refractivity contribution >= 4 is 27.2 Å². The van der Waals surface area contributed by atoms with Crippen molar-refractivity contribution in [3.63, 3.8) is 0 Å². The first-order chi connectivity index (χ1) is 12.2. The van der Waals surface area contributed by atoms with E-state index in [1.807, 2.05) is 0 Å². The summed E-state index contributed by atoms with van der Waals surface area (Å²) in [5.74, 6) is 0. The lowest BCUT2D eigenvalue weighted by atomic mass is 10.0. The Morgan fingerprint density at radius 2 is 1.44 bits per heavy atom. The van der Waals surface area contributed by atoms with E-state index in [9.17, 15) is 0 Å². The Morgan fingerprint density at radius 3 is 2.28 bits per heavy atom. The molecule has 120 valence electrons. The van der Waals surface area contributed by atoms with E-state index in [0.29, 0.717) is 0 Å². The summed E-state index contributed by atoms with van der Waals surface area (Å²) < 4.78 is 2.43. The fourth-order valence-corrected chi connectivity index (χ4v) is 4.01. The number of nitrogens with zero attached hydrogens (tertiary/aromatic N) is 1. The molecule has 0 amide bonds. The molecule has 25 heavy (non-hydrogen) atoms. The first kappa shape index (κ1) is 14.3. The van der Waals surface area contributed by atoms with Crippen LogP contribution in [0, 0.1) is 13.8 Å². The Labute approximate surface area is 147 Å². The van der Waals surface area contributed by atoms with Crippen molar-refractivity contribution in [1.29, 1.82) is 0 Å². The number of aromatic nitrogens is 1. The molecule has 3 aromatic carbocycles. The van der Waals surface area contributed by atoms with E-state index in [2.05, 4.69) is 97.1 Å². The van der Waals surface area contributed by atoms with Gasteiger partial charge in [-0.1, -0.05) is 66.2 Å². The van der Waals surface area contributed by atoms with Gasteiger partial charge in [-0.25, -0.2) is 0 Å². The molecule has 0 saturated carbocycles. The van der Waals surface area contributed by atoms with E-state index in [1.165, 1.54) is 49.6 Å². The minimum absolute atomic E-state index is 1.25. The summed E-state index contributed by atoms with van der Waals surface area (Å²) in [6, 6.07) is 28.5. The number of hydrogen-bond donors (Lipinski definition) is 0. The van der Waals surface area contributed by atoms with Crippen molar-refractivity contribution < 1.29 is 0 Å². The van der Waals surface area contributed by atoms with E-state index in [1.54, 1.807) is 0 Å². The van der Waals surface area contributed by atoms with Crippen LogP contribution in [0.2, 0.25) is 0 Å². The third-order valence-electron chi connectivity index (χ3n) is 5.19. The molecule has 0 unspecified atom stereocenters. The third-order valence-corrected chi connectivity index (χ3v) is 5.19. The van der Waals surface area contributed by atoms with Gasteiger partial charge in [0.1, 0.15) is 0 Å². The first-order valence-corrected chi connectivity index (χ1v) is 8.72. The zero-order chi connectivity index (χ0) is 17.0. The van der Waals surface area contributed by atoms with E-state index < -0.39 is 0 Å². The van der Waals surface area contributed by atoms with Crippen molar-refractivity contribution in [3.05, 3.63) is 90.0 Å². The van der Waals surface area contributed by atoms with Crippen LogP contribution in [0.3, 0.4) is 0 Å². The van der Waals surface area contributed by atoms with Crippen LogP contribution in [-0.4, -0.2) is 4.40 Å². The molecule has 1 nitrogen and oxygen atoms in total. The van der Waals surface area contributed by atoms with Gasteiger partial charge in [0.25, 0.3) is 0 Å². The highest BCUT2D eigenvalue weighted by Crippen LogP contribution is 2.36. The standard InChI is InChI=1S/C24H19N/c1-16-12-13-22-21(14-16)17(2)24-20-11-7-6-10-19(20)15-23(25(22)24)18-8-4-3-5-9-18/h3-15H,1-2H3. The molecule has 0 aliphatic carbocycles. The van der Waals surface area contributed by atoms with Crippen LogP contribution in [0.5, 0.6) is 0 Å². The van der Waals surface area contributed by atoms with Crippen molar-refractivity contribution in [2.24, 2.45) is 0 Å². The summed E-state index contributed by atoms with van der Waals surface area (Å²) >= 11 is 0. The summed E-state index contributed by atoms with van der Waals surface area (Å²) in [5.41, 5.74) is 7.75. The molecule has 0 aliphatic rings. The van der Waals surface area contributed by atoms with Crippen molar-refractivity contribution in [2.45, 2.75) is 13.8 Å². The normalized spacial score (nSPS) is 11.6. The predicted molar refractivity (Wildman–Crippen MR) is 107 cm³/mol. The van der Waals surface area contributed by atoms with Gasteiger partial charge < -0.3 is 4.40 Å². The molecule has 0 saturated heterocycles. The maximum absolute atomic E-state index is 2.43. The summed E-state index contributed by atoms with van der Waals surface area (Å²) in [4.78, 5) is 0. The maximum atomic E-state index is 2.43. The molecule has 0 N–H and O–H groups in total. The van der Waals surface area contributed by atoms with E-state index in [0.717, 1.165) is 0 Å². The molecule has 5 aromatic rings. The fraction of sp³-hybridized carbons (Fsp3) is 0.0833. The fourth-order valence-electron chi connectivity index (χ4n) is 4.01. The average Bonchev–Trinajstić information content (AvgIpc) is 2.95. The maximum Gasteiger partial charge on any atom is 0.0576 e. The molecule has 0 bridgehead atoms. The predicted octanol–water partition coefficient (Wildman–Crippen LogP) is 6.53. The van der Waals surface area contributed by atoms with Crippen molar-refractivity contribution in [1.82, 2.24) is 4.40 Å². The summed E-state index contributed by atoms with van der Waals surface area (Å²) in [6.07, 6.45) is 0. The van der Waals surface area contributed by atoms with Crippen LogP contribution in [-0.2, 0) is 0 Å². The van der Waals surface area contributed by atoms with Crippen molar-refractivity contribution in [2.75, 3.05) is 0 Å². The topological polar surface area (TPSA) is 4.41 Å². The molecule has 0 radical (unpaired) electrons. The van der Waals surface area contributed by atoms with Crippen LogP contribution < -0.4 is 0 Å². The zero-order valence-corrected chi connectivity index (χ0v) is 14.5. The molecule has 1 heteroatoms. The van der Waals surface area contributed by atoms with Crippen LogP contribution in [0.25, 0.3) is 38.4 Å². The highest BCUT2D eigenvalue weighted by atomic mass is 14.9. The van der Waals surface area contributed by atoms with Crippen LogP contribution in [0.15, 0.2) is 78.9 Å². The van der Waals surface area contributed by atoms with Crippen LogP contribution >= 0.6 is 0 Å². The minimum atomic E-state index is 1.25. The van der Waals surface area contributed by atoms with Gasteiger partial charge in [0, 0.05) is 10.8 Å². The number of rotatable bonds is 1. The second-order valence-electron chi connectivity index (χ2n) is 6.81. The SMILES string of the molecule is Cc1ccc2c(c1)c(C)c1c3ccccc3cc(-c3ccccc3)n21. The number of benzene rings is 3. The molecule has 0 fully saturated rings. The molecular weight excluding hydrogens is 302 g/mol. The summed E-state index contributed by atoms with van der Waals surface area (Å²) in [6.45, 7) is 4.41. The van der Waals surface area contributed by atoms with Gasteiger partial charge in [0.15, 0.2) is 0 Å². The highest BCUT2D eigenvalue weighted by Gasteiger charge is 2.15. The lowest BCUT2D eigenvalue weighted by Crippen LogP contribution is -1.93. The van der Waals surface area contributed by atoms with Gasteiger partial charge >= 0.3 is 0 Å². The number of pyridine rings is 1. The number of aryl methyl sites for hydroxylation is 2. The van der Waals surface area contributed by atoms with Gasteiger partial charge in [-0.15, -0.1) is 0 Å². The van der Waals surface area contributed by atoms with E-state index in [4.69, 9.17) is 0 Å². The van der Waals surface area contributed by atoms with Crippen LogP contribution in [0.1, 0.15) is 11.1 Å². The Morgan fingerprint density at radius 1 is 0.680 bits per heavy atom. The first-order valence-electron chi connectivity index (χ1n) is 8.72. The Bertz CT molecular complexity index is 1240. The molecule has 2 aromatic heterocycles. The van der Waals surface area contributed by atoms with E-state index in [-0.39, 0.29) is 0 Å². The zero-order valence-electron chi connectivity index (χ0n) is 14.5. The highest BCUT2D eigenvalue weighted by molar-refractivity contribution is 6.07. The third kappa shape index (κ3) is 2.02. The van der Waals surface area contributed by atoms with Gasteiger partial charge in [-0.05, 0) is 48.6 Å². The number of hydrogen-bond acceptors (Lipinski definition) is 0. The molecular formula is C24H19N. The molecule has 0 spiro atoms. The largest absolute Gasteiger partial charge is 0.308 e. The van der Waals surface area contributed by atoms with Gasteiger partial charge in [0.2, 0.25) is 0 Å². The quantitative estimate of drug-likeness (QED) is 0.330. The molecule has 2 heterocycles. The summed E-state index contributed by atoms with van der Waals surface area (Å²) in [7, 11) is 0. The molecule has 5 rings (SSSR count). The lowest BCUT2D eigenvalue weighted by molar-refractivity contribution is 1.26. The second-order valence-corrected chi connectivity index (χ2v) is 6.81. The molecule has 0 atom stereocenters. The molecule has 0 aliphatic heterocycles. The second kappa shape index (κ2) is 5.22. The van der Waals surface area contributed by atoms with E-state index >= 15 is 0 Å².